The highest BCUT2D eigenvalue weighted by Gasteiger charge is 2.24. The molecule has 0 aliphatic heterocycles. The molecule has 1 unspecified atom stereocenters. The fraction of sp³-hybridized carbons (Fsp3) is 0.500. The lowest BCUT2D eigenvalue weighted by Crippen LogP contribution is -2.30. The van der Waals surface area contributed by atoms with Crippen LogP contribution in [0.15, 0.2) is 18.2 Å². The van der Waals surface area contributed by atoms with Crippen molar-refractivity contribution in [2.45, 2.75) is 25.3 Å². The van der Waals surface area contributed by atoms with Crippen LogP contribution in [0.25, 0.3) is 0 Å². The van der Waals surface area contributed by atoms with Gasteiger partial charge < -0.3 is 4.74 Å². The largest absolute Gasteiger partial charge is 0.496 e. The highest BCUT2D eigenvalue weighted by Crippen LogP contribution is 2.35. The predicted molar refractivity (Wildman–Crippen MR) is 66.7 cm³/mol. The Balaban J connectivity index is 2.38. The Labute approximate surface area is 102 Å². The van der Waals surface area contributed by atoms with Crippen molar-refractivity contribution in [2.24, 2.45) is 0 Å². The summed E-state index contributed by atoms with van der Waals surface area (Å²) in [5.41, 5.74) is 2.17. The molecule has 1 aromatic rings. The van der Waals surface area contributed by atoms with Gasteiger partial charge in [-0.05, 0) is 36.5 Å². The van der Waals surface area contributed by atoms with Crippen LogP contribution in [0.4, 0.5) is 0 Å². The van der Waals surface area contributed by atoms with E-state index in [4.69, 9.17) is 4.74 Å². The van der Waals surface area contributed by atoms with Crippen LogP contribution in [0.2, 0.25) is 0 Å². The first-order valence-electron chi connectivity index (χ1n) is 5.64. The van der Waals surface area contributed by atoms with E-state index in [1.54, 1.807) is 7.11 Å². The highest BCUT2D eigenvalue weighted by molar-refractivity contribution is 7.88. The molecule has 0 aromatic heterocycles. The molecule has 4 nitrogen and oxygen atoms in total. The average Bonchev–Trinajstić information content (AvgIpc) is 2.27. The molecular formula is C12H17NO3S. The summed E-state index contributed by atoms with van der Waals surface area (Å²) in [6.45, 7) is 0. The monoisotopic (exact) mass is 255 g/mol. The van der Waals surface area contributed by atoms with Crippen molar-refractivity contribution in [1.29, 1.82) is 0 Å². The Morgan fingerprint density at radius 1 is 1.41 bits per heavy atom. The van der Waals surface area contributed by atoms with E-state index in [0.29, 0.717) is 0 Å². The Kier molecular flexibility index (Phi) is 3.40. The average molecular weight is 255 g/mol. The van der Waals surface area contributed by atoms with Gasteiger partial charge in [0, 0.05) is 6.04 Å². The summed E-state index contributed by atoms with van der Waals surface area (Å²) in [4.78, 5) is 0. The predicted octanol–water partition coefficient (Wildman–Crippen LogP) is 1.62. The second-order valence-electron chi connectivity index (χ2n) is 4.36. The third-order valence-corrected chi connectivity index (χ3v) is 3.75. The van der Waals surface area contributed by atoms with Crippen molar-refractivity contribution in [3.63, 3.8) is 0 Å². The molecule has 0 bridgehead atoms. The van der Waals surface area contributed by atoms with Gasteiger partial charge in [-0.1, -0.05) is 12.1 Å². The van der Waals surface area contributed by atoms with Gasteiger partial charge in [0.15, 0.2) is 0 Å². The second kappa shape index (κ2) is 4.66. The number of methoxy groups -OCH3 is 1. The number of hydrogen-bond acceptors (Lipinski definition) is 3. The first kappa shape index (κ1) is 12.4. The number of ether oxygens (including phenoxy) is 1. The molecular weight excluding hydrogens is 238 g/mol. The maximum absolute atomic E-state index is 11.3. The fourth-order valence-corrected chi connectivity index (χ4v) is 3.15. The molecule has 1 aliphatic rings. The number of hydrogen-bond donors (Lipinski definition) is 1. The Hall–Kier alpha value is -1.07. The minimum absolute atomic E-state index is 0.121. The minimum atomic E-state index is -3.18. The van der Waals surface area contributed by atoms with Crippen LogP contribution < -0.4 is 9.46 Å². The van der Waals surface area contributed by atoms with E-state index in [1.807, 2.05) is 18.2 Å². The van der Waals surface area contributed by atoms with Gasteiger partial charge >= 0.3 is 0 Å². The van der Waals surface area contributed by atoms with Crippen LogP contribution in [-0.4, -0.2) is 21.8 Å². The normalized spacial score (nSPS) is 19.8. The zero-order valence-electron chi connectivity index (χ0n) is 10.1. The van der Waals surface area contributed by atoms with E-state index in [1.165, 1.54) is 6.26 Å². The van der Waals surface area contributed by atoms with E-state index in [2.05, 4.69) is 4.72 Å². The molecule has 0 spiro atoms. The molecule has 1 aromatic carbocycles. The second-order valence-corrected chi connectivity index (χ2v) is 6.14. The summed E-state index contributed by atoms with van der Waals surface area (Å²) < 4.78 is 30.6. The number of benzene rings is 1. The Bertz CT molecular complexity index is 510. The van der Waals surface area contributed by atoms with E-state index in [9.17, 15) is 8.42 Å². The number of sulfonamides is 1. The number of nitrogens with one attached hydrogen (secondary N) is 1. The van der Waals surface area contributed by atoms with E-state index in [0.717, 1.165) is 36.1 Å². The zero-order valence-corrected chi connectivity index (χ0v) is 10.9. The molecule has 17 heavy (non-hydrogen) atoms. The zero-order chi connectivity index (χ0) is 12.5. The topological polar surface area (TPSA) is 55.4 Å². The van der Waals surface area contributed by atoms with Crippen molar-refractivity contribution in [1.82, 2.24) is 4.72 Å². The van der Waals surface area contributed by atoms with Crippen molar-refractivity contribution in [2.75, 3.05) is 13.4 Å². The van der Waals surface area contributed by atoms with E-state index < -0.39 is 10.0 Å². The highest BCUT2D eigenvalue weighted by atomic mass is 32.2. The van der Waals surface area contributed by atoms with Crippen LogP contribution in [0.3, 0.4) is 0 Å². The lowest BCUT2D eigenvalue weighted by Gasteiger charge is -2.26. The molecule has 0 amide bonds. The molecule has 94 valence electrons. The summed E-state index contributed by atoms with van der Waals surface area (Å²) in [7, 11) is -1.53. The van der Waals surface area contributed by atoms with Gasteiger partial charge in [-0.15, -0.1) is 0 Å². The summed E-state index contributed by atoms with van der Waals surface area (Å²) in [5.74, 6) is 0.850. The third-order valence-electron chi connectivity index (χ3n) is 3.04. The maximum Gasteiger partial charge on any atom is 0.209 e. The number of fused-ring (bicyclic) bond motifs is 1. The van der Waals surface area contributed by atoms with E-state index >= 15 is 0 Å². The molecule has 1 aliphatic carbocycles. The van der Waals surface area contributed by atoms with Gasteiger partial charge in [0.1, 0.15) is 5.75 Å². The molecule has 2 rings (SSSR count). The summed E-state index contributed by atoms with van der Waals surface area (Å²) in [6, 6.07) is 5.67. The van der Waals surface area contributed by atoms with Crippen molar-refractivity contribution >= 4 is 10.0 Å². The van der Waals surface area contributed by atoms with Crippen LogP contribution in [0.1, 0.15) is 30.0 Å². The smallest absolute Gasteiger partial charge is 0.209 e. The minimum Gasteiger partial charge on any atom is -0.496 e. The van der Waals surface area contributed by atoms with Crippen LogP contribution in [0.5, 0.6) is 5.75 Å². The van der Waals surface area contributed by atoms with Crippen molar-refractivity contribution in [3.8, 4) is 5.75 Å². The maximum atomic E-state index is 11.3. The molecule has 5 heteroatoms. The lowest BCUT2D eigenvalue weighted by molar-refractivity contribution is 0.401. The fourth-order valence-electron chi connectivity index (χ4n) is 2.39. The van der Waals surface area contributed by atoms with Gasteiger partial charge in [-0.2, -0.15) is 0 Å². The number of rotatable bonds is 3. The van der Waals surface area contributed by atoms with Gasteiger partial charge in [-0.3, -0.25) is 0 Å². The van der Waals surface area contributed by atoms with Crippen molar-refractivity contribution < 1.29 is 13.2 Å². The molecule has 1 N–H and O–H groups in total. The Morgan fingerprint density at radius 2 is 2.18 bits per heavy atom. The molecule has 0 fully saturated rings. The van der Waals surface area contributed by atoms with Gasteiger partial charge in [-0.25, -0.2) is 13.1 Å². The molecule has 0 saturated carbocycles. The van der Waals surface area contributed by atoms with Crippen LogP contribution >= 0.6 is 0 Å². The summed E-state index contributed by atoms with van der Waals surface area (Å²) >= 11 is 0. The standard InChI is InChI=1S/C12H17NO3S/c1-16-12-8-4-5-9-10(12)6-3-7-11(9)13-17(2,14)15/h4-5,8,11,13H,3,6-7H2,1-2H3. The molecule has 0 radical (unpaired) electrons. The van der Waals surface area contributed by atoms with Gasteiger partial charge in [0.05, 0.1) is 13.4 Å². The molecule has 0 heterocycles. The van der Waals surface area contributed by atoms with Gasteiger partial charge in [0.25, 0.3) is 0 Å². The third kappa shape index (κ3) is 2.79. The van der Waals surface area contributed by atoms with Crippen LogP contribution in [0, 0.1) is 0 Å². The summed E-state index contributed by atoms with van der Waals surface area (Å²) in [5, 5.41) is 0. The molecule has 0 saturated heterocycles. The van der Waals surface area contributed by atoms with Crippen LogP contribution in [-0.2, 0) is 16.4 Å². The Morgan fingerprint density at radius 3 is 2.82 bits per heavy atom. The van der Waals surface area contributed by atoms with Crippen molar-refractivity contribution in [3.05, 3.63) is 29.3 Å². The first-order valence-corrected chi connectivity index (χ1v) is 7.53. The SMILES string of the molecule is COc1cccc2c1CCCC2NS(C)(=O)=O. The van der Waals surface area contributed by atoms with Gasteiger partial charge in [0.2, 0.25) is 10.0 Å². The molecule has 1 atom stereocenters. The van der Waals surface area contributed by atoms with E-state index in [-0.39, 0.29) is 6.04 Å². The first-order chi connectivity index (χ1) is 8.01. The lowest BCUT2D eigenvalue weighted by atomic mass is 9.87. The summed E-state index contributed by atoms with van der Waals surface area (Å²) in [6.07, 6.45) is 3.95. The quantitative estimate of drug-likeness (QED) is 0.893.